The Morgan fingerprint density at radius 1 is 0.912 bits per heavy atom. The van der Waals surface area contributed by atoms with Crippen LogP contribution in [0.5, 0.6) is 0 Å². The average molecular weight is 461 g/mol. The van der Waals surface area contributed by atoms with Gasteiger partial charge in [-0.05, 0) is 46.4 Å². The summed E-state index contributed by atoms with van der Waals surface area (Å²) < 4.78 is 5.44. The fraction of sp³-hybridized carbons (Fsp3) is 0.259. The second kappa shape index (κ2) is 10.7. The summed E-state index contributed by atoms with van der Waals surface area (Å²) in [6.07, 6.45) is 0.270. The van der Waals surface area contributed by atoms with E-state index < -0.39 is 16.9 Å². The van der Waals surface area contributed by atoms with Crippen molar-refractivity contribution in [1.29, 1.82) is 0 Å². The predicted molar refractivity (Wildman–Crippen MR) is 129 cm³/mol. The molecule has 0 aromatic heterocycles. The van der Waals surface area contributed by atoms with Crippen molar-refractivity contribution in [3.8, 4) is 0 Å². The van der Waals surface area contributed by atoms with Crippen molar-refractivity contribution in [2.75, 3.05) is 0 Å². The van der Waals surface area contributed by atoms with Crippen LogP contribution in [0.3, 0.4) is 0 Å². The molecule has 0 fully saturated rings. The van der Waals surface area contributed by atoms with Crippen molar-refractivity contribution in [2.45, 2.75) is 45.3 Å². The monoisotopic (exact) mass is 460 g/mol. The van der Waals surface area contributed by atoms with Crippen LogP contribution in [-0.4, -0.2) is 22.8 Å². The molecule has 0 aliphatic carbocycles. The highest BCUT2D eigenvalue weighted by Gasteiger charge is 2.24. The lowest BCUT2D eigenvalue weighted by atomic mass is 9.86. The van der Waals surface area contributed by atoms with Crippen LogP contribution >= 0.6 is 0 Å². The van der Waals surface area contributed by atoms with Gasteiger partial charge in [0, 0.05) is 24.1 Å². The molecule has 34 heavy (non-hydrogen) atoms. The SMILES string of the molecule is CC(C)(C)c1ccc(C(=O)NC(Cc2ccccc2)C(=O)OCc2ccc([N+](=O)[O-])cc2)cc1. The molecule has 7 heteroatoms. The Kier molecular flexibility index (Phi) is 7.79. The standard InChI is InChI=1S/C27H28N2O5/c1-27(2,3)22-13-11-21(12-14-22)25(30)28-24(17-19-7-5-4-6-8-19)26(31)34-18-20-9-15-23(16-10-20)29(32)33/h4-16,24H,17-18H2,1-3H3,(H,28,30). The minimum absolute atomic E-state index is 0.0352. The summed E-state index contributed by atoms with van der Waals surface area (Å²) in [5.41, 5.74) is 2.97. The number of nitro benzene ring substituents is 1. The molecular weight excluding hydrogens is 432 g/mol. The first-order valence-electron chi connectivity index (χ1n) is 11.0. The van der Waals surface area contributed by atoms with E-state index in [-0.39, 0.29) is 30.0 Å². The van der Waals surface area contributed by atoms with Gasteiger partial charge in [0.15, 0.2) is 0 Å². The molecule has 1 unspecified atom stereocenters. The first-order valence-corrected chi connectivity index (χ1v) is 11.0. The summed E-state index contributed by atoms with van der Waals surface area (Å²) in [5, 5.41) is 13.6. The molecule has 1 atom stereocenters. The summed E-state index contributed by atoms with van der Waals surface area (Å²) in [6, 6.07) is 21.6. The lowest BCUT2D eigenvalue weighted by Crippen LogP contribution is -2.43. The molecule has 7 nitrogen and oxygen atoms in total. The van der Waals surface area contributed by atoms with E-state index in [0.717, 1.165) is 11.1 Å². The van der Waals surface area contributed by atoms with E-state index in [0.29, 0.717) is 11.1 Å². The summed E-state index contributed by atoms with van der Waals surface area (Å²) in [4.78, 5) is 36.1. The Morgan fingerprint density at radius 2 is 1.53 bits per heavy atom. The van der Waals surface area contributed by atoms with Crippen LogP contribution in [0.1, 0.15) is 47.8 Å². The average Bonchev–Trinajstić information content (AvgIpc) is 2.82. The van der Waals surface area contributed by atoms with Gasteiger partial charge in [0.1, 0.15) is 12.6 Å². The molecule has 3 rings (SSSR count). The third-order valence-corrected chi connectivity index (χ3v) is 5.41. The van der Waals surface area contributed by atoms with E-state index in [1.165, 1.54) is 24.3 Å². The zero-order valence-electron chi connectivity index (χ0n) is 19.5. The third kappa shape index (κ3) is 6.75. The topological polar surface area (TPSA) is 98.5 Å². The minimum Gasteiger partial charge on any atom is -0.459 e. The number of carbonyl (C=O) groups is 2. The Morgan fingerprint density at radius 3 is 2.09 bits per heavy atom. The van der Waals surface area contributed by atoms with Crippen molar-refractivity contribution in [3.05, 3.63) is 111 Å². The number of esters is 1. The first kappa shape index (κ1) is 24.6. The zero-order chi connectivity index (χ0) is 24.7. The largest absolute Gasteiger partial charge is 0.459 e. The summed E-state index contributed by atoms with van der Waals surface area (Å²) in [6.45, 7) is 6.23. The minimum atomic E-state index is -0.893. The van der Waals surface area contributed by atoms with E-state index in [4.69, 9.17) is 4.74 Å². The number of non-ortho nitro benzene ring substituents is 1. The van der Waals surface area contributed by atoms with Crippen molar-refractivity contribution < 1.29 is 19.2 Å². The number of carbonyl (C=O) groups excluding carboxylic acids is 2. The molecule has 3 aromatic rings. The maximum atomic E-state index is 12.9. The number of nitro groups is 1. The zero-order valence-corrected chi connectivity index (χ0v) is 19.5. The number of hydrogen-bond donors (Lipinski definition) is 1. The number of rotatable bonds is 8. The fourth-order valence-electron chi connectivity index (χ4n) is 3.38. The summed E-state index contributed by atoms with van der Waals surface area (Å²) in [5.74, 6) is -0.949. The molecule has 0 aliphatic heterocycles. The lowest BCUT2D eigenvalue weighted by molar-refractivity contribution is -0.384. The van der Waals surface area contributed by atoms with Crippen molar-refractivity contribution >= 4 is 17.6 Å². The Labute approximate surface area is 198 Å². The van der Waals surface area contributed by atoms with Gasteiger partial charge in [-0.1, -0.05) is 63.2 Å². The molecule has 0 saturated carbocycles. The lowest BCUT2D eigenvalue weighted by Gasteiger charge is -2.20. The number of nitrogens with zero attached hydrogens (tertiary/aromatic N) is 1. The summed E-state index contributed by atoms with van der Waals surface area (Å²) >= 11 is 0. The van der Waals surface area contributed by atoms with Gasteiger partial charge < -0.3 is 10.1 Å². The van der Waals surface area contributed by atoms with Gasteiger partial charge in [0.25, 0.3) is 11.6 Å². The normalized spacial score (nSPS) is 12.0. The van der Waals surface area contributed by atoms with Crippen LogP contribution in [0, 0.1) is 10.1 Å². The van der Waals surface area contributed by atoms with Crippen LogP contribution in [0.15, 0.2) is 78.9 Å². The maximum absolute atomic E-state index is 12.9. The number of ether oxygens (including phenoxy) is 1. The van der Waals surface area contributed by atoms with Crippen LogP contribution in [-0.2, 0) is 28.0 Å². The number of benzene rings is 3. The van der Waals surface area contributed by atoms with E-state index in [1.807, 2.05) is 42.5 Å². The molecule has 176 valence electrons. The Bertz CT molecular complexity index is 1130. The van der Waals surface area contributed by atoms with Crippen LogP contribution in [0.2, 0.25) is 0 Å². The van der Waals surface area contributed by atoms with Crippen molar-refractivity contribution in [3.63, 3.8) is 0 Å². The molecule has 3 aromatic carbocycles. The number of hydrogen-bond acceptors (Lipinski definition) is 5. The second-order valence-corrected chi connectivity index (χ2v) is 9.07. The highest BCUT2D eigenvalue weighted by molar-refractivity contribution is 5.96. The van der Waals surface area contributed by atoms with E-state index in [9.17, 15) is 19.7 Å². The van der Waals surface area contributed by atoms with Crippen molar-refractivity contribution in [2.24, 2.45) is 0 Å². The summed E-state index contributed by atoms with van der Waals surface area (Å²) in [7, 11) is 0. The van der Waals surface area contributed by atoms with E-state index in [2.05, 4.69) is 26.1 Å². The fourth-order valence-corrected chi connectivity index (χ4v) is 3.38. The van der Waals surface area contributed by atoms with Crippen LogP contribution in [0.4, 0.5) is 5.69 Å². The molecule has 0 radical (unpaired) electrons. The van der Waals surface area contributed by atoms with Gasteiger partial charge in [-0.2, -0.15) is 0 Å². The second-order valence-electron chi connectivity index (χ2n) is 9.07. The predicted octanol–water partition coefficient (Wildman–Crippen LogP) is 4.98. The number of nitrogens with one attached hydrogen (secondary N) is 1. The molecule has 1 amide bonds. The maximum Gasteiger partial charge on any atom is 0.329 e. The molecule has 0 heterocycles. The van der Waals surface area contributed by atoms with Crippen LogP contribution < -0.4 is 5.32 Å². The van der Waals surface area contributed by atoms with Gasteiger partial charge in [-0.3, -0.25) is 14.9 Å². The quantitative estimate of drug-likeness (QED) is 0.290. The van der Waals surface area contributed by atoms with Gasteiger partial charge in [0.2, 0.25) is 0 Å². The molecule has 0 spiro atoms. The van der Waals surface area contributed by atoms with E-state index in [1.54, 1.807) is 12.1 Å². The van der Waals surface area contributed by atoms with E-state index >= 15 is 0 Å². The first-order chi connectivity index (χ1) is 16.1. The molecule has 1 N–H and O–H groups in total. The van der Waals surface area contributed by atoms with Gasteiger partial charge >= 0.3 is 5.97 Å². The Balaban J connectivity index is 1.71. The highest BCUT2D eigenvalue weighted by Crippen LogP contribution is 2.22. The molecule has 0 bridgehead atoms. The third-order valence-electron chi connectivity index (χ3n) is 5.41. The van der Waals surface area contributed by atoms with Gasteiger partial charge in [-0.25, -0.2) is 4.79 Å². The van der Waals surface area contributed by atoms with Crippen LogP contribution in [0.25, 0.3) is 0 Å². The number of amides is 1. The molecule has 0 aliphatic rings. The smallest absolute Gasteiger partial charge is 0.329 e. The highest BCUT2D eigenvalue weighted by atomic mass is 16.6. The molecule has 0 saturated heterocycles. The van der Waals surface area contributed by atoms with Gasteiger partial charge in [0.05, 0.1) is 4.92 Å². The Hall–Kier alpha value is -4.00. The van der Waals surface area contributed by atoms with Crippen molar-refractivity contribution in [1.82, 2.24) is 5.32 Å². The van der Waals surface area contributed by atoms with Gasteiger partial charge in [-0.15, -0.1) is 0 Å². The molecular formula is C27H28N2O5.